The summed E-state index contributed by atoms with van der Waals surface area (Å²) >= 11 is 12.2. The molecule has 0 saturated heterocycles. The molecule has 0 spiro atoms. The van der Waals surface area contributed by atoms with Gasteiger partial charge < -0.3 is 27.4 Å². The van der Waals surface area contributed by atoms with Crippen LogP contribution in [0.3, 0.4) is 0 Å². The molecule has 0 aromatic heterocycles. The number of carbonyl (C=O) groups is 1. The van der Waals surface area contributed by atoms with Gasteiger partial charge in [-0.05, 0) is 48.9 Å². The van der Waals surface area contributed by atoms with Crippen LogP contribution in [-0.4, -0.2) is 19.5 Å². The van der Waals surface area contributed by atoms with Gasteiger partial charge in [0.25, 0.3) is 0 Å². The summed E-state index contributed by atoms with van der Waals surface area (Å²) in [5.41, 5.74) is 15.1. The molecule has 0 fully saturated rings. The van der Waals surface area contributed by atoms with Gasteiger partial charge in [0.1, 0.15) is 0 Å². The second-order valence-corrected chi connectivity index (χ2v) is 9.25. The SMILES string of the molecule is CC.CCCN/C(=C/C(=O)Nc1ccc(Cl)cc1Cl)C(C)C(NCc1ccccc1)c1ccccc1N.CN. The first-order chi connectivity index (χ1) is 18.9. The Bertz CT molecular complexity index is 1150. The summed E-state index contributed by atoms with van der Waals surface area (Å²) in [6, 6.07) is 22.9. The van der Waals surface area contributed by atoms with Crippen LogP contribution < -0.4 is 27.4 Å². The van der Waals surface area contributed by atoms with E-state index >= 15 is 0 Å². The third-order valence-electron chi connectivity index (χ3n) is 5.75. The van der Waals surface area contributed by atoms with Crippen molar-refractivity contribution in [3.05, 3.63) is 106 Å². The van der Waals surface area contributed by atoms with E-state index < -0.39 is 0 Å². The Morgan fingerprint density at radius 2 is 1.62 bits per heavy atom. The number of carbonyl (C=O) groups excluding carboxylic acids is 1. The lowest BCUT2D eigenvalue weighted by molar-refractivity contribution is -0.112. The number of nitrogen functional groups attached to an aromatic ring is 1. The molecule has 0 aliphatic carbocycles. The Hall–Kier alpha value is -3.03. The van der Waals surface area contributed by atoms with E-state index in [-0.39, 0.29) is 17.9 Å². The van der Waals surface area contributed by atoms with Crippen LogP contribution in [-0.2, 0) is 11.3 Å². The zero-order valence-electron chi connectivity index (χ0n) is 23.6. The summed E-state index contributed by atoms with van der Waals surface area (Å²) in [6.07, 6.45) is 2.52. The van der Waals surface area contributed by atoms with Gasteiger partial charge in [0.05, 0.1) is 10.7 Å². The minimum atomic E-state index is -0.275. The molecule has 2 atom stereocenters. The Morgan fingerprint density at radius 1 is 0.974 bits per heavy atom. The van der Waals surface area contributed by atoms with Crippen LogP contribution in [0.2, 0.25) is 10.0 Å². The number of benzene rings is 3. The number of hydrogen-bond acceptors (Lipinski definition) is 5. The molecule has 3 aromatic rings. The van der Waals surface area contributed by atoms with Crippen molar-refractivity contribution in [3.8, 4) is 0 Å². The third kappa shape index (κ3) is 11.3. The van der Waals surface area contributed by atoms with E-state index in [1.54, 1.807) is 24.3 Å². The highest BCUT2D eigenvalue weighted by molar-refractivity contribution is 6.36. The van der Waals surface area contributed by atoms with Crippen molar-refractivity contribution < 1.29 is 4.79 Å². The van der Waals surface area contributed by atoms with Gasteiger partial charge in [0.15, 0.2) is 0 Å². The highest BCUT2D eigenvalue weighted by atomic mass is 35.5. The highest BCUT2D eigenvalue weighted by Crippen LogP contribution is 2.31. The highest BCUT2D eigenvalue weighted by Gasteiger charge is 2.25. The third-order valence-corrected chi connectivity index (χ3v) is 6.29. The topological polar surface area (TPSA) is 105 Å². The summed E-state index contributed by atoms with van der Waals surface area (Å²) < 4.78 is 0. The van der Waals surface area contributed by atoms with Crippen molar-refractivity contribution in [1.82, 2.24) is 10.6 Å². The minimum Gasteiger partial charge on any atom is -0.398 e. The molecule has 1 amide bonds. The first-order valence-electron chi connectivity index (χ1n) is 13.3. The molecule has 0 aliphatic rings. The van der Waals surface area contributed by atoms with E-state index in [1.807, 2.05) is 56.3 Å². The quantitative estimate of drug-likeness (QED) is 0.124. The average Bonchev–Trinajstić information content (AvgIpc) is 2.96. The molecule has 6 nitrogen and oxygen atoms in total. The maximum absolute atomic E-state index is 13.0. The molecule has 212 valence electrons. The molecular formula is C31H43Cl2N5O. The van der Waals surface area contributed by atoms with E-state index in [0.717, 1.165) is 24.2 Å². The molecule has 0 bridgehead atoms. The lowest BCUT2D eigenvalue weighted by atomic mass is 9.90. The van der Waals surface area contributed by atoms with E-state index in [9.17, 15) is 4.79 Å². The summed E-state index contributed by atoms with van der Waals surface area (Å²) in [6.45, 7) is 9.58. The predicted molar refractivity (Wildman–Crippen MR) is 169 cm³/mol. The maximum Gasteiger partial charge on any atom is 0.250 e. The zero-order chi connectivity index (χ0) is 29.2. The minimum absolute atomic E-state index is 0.0820. The summed E-state index contributed by atoms with van der Waals surface area (Å²) in [4.78, 5) is 13.0. The number of anilines is 2. The Morgan fingerprint density at radius 3 is 2.23 bits per heavy atom. The Kier molecular flexibility index (Phi) is 16.6. The zero-order valence-corrected chi connectivity index (χ0v) is 25.1. The lowest BCUT2D eigenvalue weighted by Gasteiger charge is -2.29. The van der Waals surface area contributed by atoms with E-state index in [2.05, 4.69) is 47.7 Å². The fourth-order valence-corrected chi connectivity index (χ4v) is 4.32. The average molecular weight is 573 g/mol. The Balaban J connectivity index is 0.00000181. The number of nitrogens with one attached hydrogen (secondary N) is 3. The molecule has 3 aromatic carbocycles. The van der Waals surface area contributed by atoms with Crippen molar-refractivity contribution >= 4 is 40.5 Å². The number of nitrogens with two attached hydrogens (primary N) is 2. The van der Waals surface area contributed by atoms with Crippen molar-refractivity contribution in [1.29, 1.82) is 0 Å². The van der Waals surface area contributed by atoms with Crippen LogP contribution in [0.5, 0.6) is 0 Å². The number of para-hydroxylation sites is 1. The molecule has 3 rings (SSSR count). The number of halogens is 2. The van der Waals surface area contributed by atoms with Gasteiger partial charge >= 0.3 is 0 Å². The normalized spacial score (nSPS) is 12.2. The van der Waals surface area contributed by atoms with Crippen molar-refractivity contribution in [2.24, 2.45) is 11.7 Å². The second-order valence-electron chi connectivity index (χ2n) is 8.40. The molecule has 39 heavy (non-hydrogen) atoms. The van der Waals surface area contributed by atoms with E-state index in [0.29, 0.717) is 28.0 Å². The largest absolute Gasteiger partial charge is 0.398 e. The first-order valence-corrected chi connectivity index (χ1v) is 14.1. The number of hydrogen-bond donors (Lipinski definition) is 5. The van der Waals surface area contributed by atoms with E-state index in [4.69, 9.17) is 28.9 Å². The molecule has 0 saturated carbocycles. The molecule has 7 N–H and O–H groups in total. The van der Waals surface area contributed by atoms with Gasteiger partial charge in [-0.25, -0.2) is 0 Å². The predicted octanol–water partition coefficient (Wildman–Crippen LogP) is 7.17. The molecule has 8 heteroatoms. The molecule has 2 unspecified atom stereocenters. The molecule has 0 aliphatic heterocycles. The molecule has 0 heterocycles. The smallest absolute Gasteiger partial charge is 0.250 e. The van der Waals surface area contributed by atoms with Crippen molar-refractivity contribution in [2.45, 2.75) is 46.7 Å². The standard InChI is InChI=1S/C28H32Cl2N4O.C2H6.CH5N/c1-3-15-32-26(17-27(35)34-25-14-13-21(29)16-23(25)30)19(2)28(22-11-7-8-12-24(22)31)33-18-20-9-5-4-6-10-20;2*1-2/h4-14,16-17,19,28,32-33H,3,15,18,31H2,1-2H3,(H,34,35);1-2H3;2H2,1H3/b26-17+;;. The van der Waals surface area contributed by atoms with Crippen LogP contribution in [0.25, 0.3) is 0 Å². The second kappa shape index (κ2) is 19.1. The van der Waals surface area contributed by atoms with Crippen LogP contribution in [0, 0.1) is 5.92 Å². The monoisotopic (exact) mass is 571 g/mol. The van der Waals surface area contributed by atoms with Crippen LogP contribution in [0.4, 0.5) is 11.4 Å². The van der Waals surface area contributed by atoms with Crippen LogP contribution in [0.1, 0.15) is 51.3 Å². The van der Waals surface area contributed by atoms with Gasteiger partial charge in [0, 0.05) is 47.5 Å². The van der Waals surface area contributed by atoms with Crippen molar-refractivity contribution in [3.63, 3.8) is 0 Å². The van der Waals surface area contributed by atoms with Gasteiger partial charge in [-0.15, -0.1) is 0 Å². The number of amides is 1. The van der Waals surface area contributed by atoms with Gasteiger partial charge in [-0.3, -0.25) is 4.79 Å². The van der Waals surface area contributed by atoms with Gasteiger partial charge in [0.2, 0.25) is 5.91 Å². The van der Waals surface area contributed by atoms with Crippen LogP contribution >= 0.6 is 23.2 Å². The summed E-state index contributed by atoms with van der Waals surface area (Å²) in [7, 11) is 1.50. The summed E-state index contributed by atoms with van der Waals surface area (Å²) in [5.74, 6) is -0.357. The van der Waals surface area contributed by atoms with E-state index in [1.165, 1.54) is 12.6 Å². The van der Waals surface area contributed by atoms with Gasteiger partial charge in [-0.1, -0.05) is 99.4 Å². The number of rotatable bonds is 11. The van der Waals surface area contributed by atoms with Gasteiger partial charge in [-0.2, -0.15) is 0 Å². The maximum atomic E-state index is 13.0. The fraction of sp³-hybridized carbons (Fsp3) is 0.323. The summed E-state index contributed by atoms with van der Waals surface area (Å²) in [5, 5.41) is 10.9. The Labute approximate surface area is 244 Å². The lowest BCUT2D eigenvalue weighted by Crippen LogP contribution is -2.33. The van der Waals surface area contributed by atoms with Crippen molar-refractivity contribution in [2.75, 3.05) is 24.6 Å². The molecular weight excluding hydrogens is 529 g/mol. The first kappa shape index (κ1) is 34.0. The fourth-order valence-electron chi connectivity index (χ4n) is 3.87. The molecule has 0 radical (unpaired) electrons. The van der Waals surface area contributed by atoms with Crippen LogP contribution in [0.15, 0.2) is 84.6 Å².